The van der Waals surface area contributed by atoms with Crippen molar-refractivity contribution < 1.29 is 9.52 Å². The largest absolute Gasteiger partial charge is 0.419 e. The van der Waals surface area contributed by atoms with E-state index in [9.17, 15) is 5.11 Å². The molecule has 1 fully saturated rings. The quantitative estimate of drug-likeness (QED) is 0.935. The molecule has 1 saturated heterocycles. The Labute approximate surface area is 124 Å². The van der Waals surface area contributed by atoms with Gasteiger partial charge in [0, 0.05) is 11.6 Å². The molecule has 1 aromatic carbocycles. The molecule has 2 unspecified atom stereocenters. The van der Waals surface area contributed by atoms with Gasteiger partial charge in [-0.25, -0.2) is 0 Å². The molecule has 1 N–H and O–H groups in total. The Morgan fingerprint density at radius 2 is 2.10 bits per heavy atom. The van der Waals surface area contributed by atoms with Crippen molar-refractivity contribution in [1.82, 2.24) is 15.1 Å². The summed E-state index contributed by atoms with van der Waals surface area (Å²) in [6.45, 7) is 3.95. The molecule has 0 spiro atoms. The van der Waals surface area contributed by atoms with Gasteiger partial charge in [-0.05, 0) is 37.4 Å². The van der Waals surface area contributed by atoms with E-state index in [4.69, 9.17) is 4.42 Å². The minimum Gasteiger partial charge on any atom is -0.419 e. The first-order valence-electron chi connectivity index (χ1n) is 7.50. The standard InChI is InChI=1S/C16H21N3O2/c1-12-6-5-9-19(14(12)11-20)10-15-17-18-16(21-15)13-7-3-2-4-8-13/h2-4,7-8,12,14,20H,5-6,9-11H2,1H3. The number of likely N-dealkylation sites (tertiary alicyclic amines) is 1. The summed E-state index contributed by atoms with van der Waals surface area (Å²) >= 11 is 0. The molecule has 0 amide bonds. The lowest BCUT2D eigenvalue weighted by atomic mass is 9.91. The Morgan fingerprint density at radius 3 is 2.86 bits per heavy atom. The van der Waals surface area contributed by atoms with E-state index in [1.807, 2.05) is 30.3 Å². The van der Waals surface area contributed by atoms with Gasteiger partial charge in [0.05, 0.1) is 13.2 Å². The van der Waals surface area contributed by atoms with Crippen LogP contribution in [0.1, 0.15) is 25.7 Å². The molecule has 5 nitrogen and oxygen atoms in total. The summed E-state index contributed by atoms with van der Waals surface area (Å²) < 4.78 is 5.75. The van der Waals surface area contributed by atoms with Crippen molar-refractivity contribution in [3.63, 3.8) is 0 Å². The van der Waals surface area contributed by atoms with Gasteiger partial charge in [-0.2, -0.15) is 0 Å². The van der Waals surface area contributed by atoms with Crippen LogP contribution in [0, 0.1) is 5.92 Å². The van der Waals surface area contributed by atoms with Gasteiger partial charge in [-0.15, -0.1) is 10.2 Å². The summed E-state index contributed by atoms with van der Waals surface area (Å²) in [7, 11) is 0. The van der Waals surface area contributed by atoms with Gasteiger partial charge in [0.25, 0.3) is 0 Å². The fourth-order valence-electron chi connectivity index (χ4n) is 3.01. The van der Waals surface area contributed by atoms with Gasteiger partial charge in [0.15, 0.2) is 0 Å². The second-order valence-electron chi connectivity index (χ2n) is 5.71. The topological polar surface area (TPSA) is 62.4 Å². The Kier molecular flexibility index (Phi) is 4.31. The molecular formula is C16H21N3O2. The summed E-state index contributed by atoms with van der Waals surface area (Å²) in [4.78, 5) is 2.25. The van der Waals surface area contributed by atoms with Crippen LogP contribution < -0.4 is 0 Å². The van der Waals surface area contributed by atoms with Gasteiger partial charge in [-0.3, -0.25) is 4.90 Å². The predicted octanol–water partition coefficient (Wildman–Crippen LogP) is 2.33. The lowest BCUT2D eigenvalue weighted by molar-refractivity contribution is 0.0415. The number of nitrogens with zero attached hydrogens (tertiary/aromatic N) is 3. The molecule has 0 saturated carbocycles. The summed E-state index contributed by atoms with van der Waals surface area (Å²) in [5.41, 5.74) is 0.932. The first kappa shape index (κ1) is 14.2. The molecular weight excluding hydrogens is 266 g/mol. The number of aromatic nitrogens is 2. The maximum absolute atomic E-state index is 9.58. The summed E-state index contributed by atoms with van der Waals surface area (Å²) in [5, 5.41) is 17.8. The second-order valence-corrected chi connectivity index (χ2v) is 5.71. The molecule has 1 aliphatic heterocycles. The number of aliphatic hydroxyl groups excluding tert-OH is 1. The Balaban J connectivity index is 1.72. The van der Waals surface area contributed by atoms with Gasteiger partial charge >= 0.3 is 0 Å². The fraction of sp³-hybridized carbons (Fsp3) is 0.500. The first-order valence-corrected chi connectivity index (χ1v) is 7.50. The second kappa shape index (κ2) is 6.37. The zero-order valence-corrected chi connectivity index (χ0v) is 12.3. The molecule has 21 heavy (non-hydrogen) atoms. The van der Waals surface area contributed by atoms with Crippen molar-refractivity contribution >= 4 is 0 Å². The number of piperidine rings is 1. The highest BCUT2D eigenvalue weighted by Gasteiger charge is 2.29. The van der Waals surface area contributed by atoms with Crippen LogP contribution in [0.15, 0.2) is 34.7 Å². The van der Waals surface area contributed by atoms with E-state index < -0.39 is 0 Å². The highest BCUT2D eigenvalue weighted by Crippen LogP contribution is 2.25. The van der Waals surface area contributed by atoms with E-state index >= 15 is 0 Å². The summed E-state index contributed by atoms with van der Waals surface area (Å²) in [5.74, 6) is 1.66. The molecule has 1 aliphatic rings. The maximum atomic E-state index is 9.58. The van der Waals surface area contributed by atoms with Gasteiger partial charge < -0.3 is 9.52 Å². The highest BCUT2D eigenvalue weighted by atomic mass is 16.4. The summed E-state index contributed by atoms with van der Waals surface area (Å²) in [6.07, 6.45) is 2.32. The van der Waals surface area contributed by atoms with Crippen molar-refractivity contribution in [3.05, 3.63) is 36.2 Å². The molecule has 2 aromatic rings. The third kappa shape index (κ3) is 3.14. The normalized spacial score (nSPS) is 23.3. The van der Waals surface area contributed by atoms with Crippen molar-refractivity contribution in [2.75, 3.05) is 13.2 Å². The maximum Gasteiger partial charge on any atom is 0.247 e. The van der Waals surface area contributed by atoms with Crippen molar-refractivity contribution in [2.45, 2.75) is 32.4 Å². The molecule has 0 radical (unpaired) electrons. The molecule has 2 heterocycles. The van der Waals surface area contributed by atoms with Crippen LogP contribution in [-0.4, -0.2) is 39.4 Å². The average molecular weight is 287 g/mol. The predicted molar refractivity (Wildman–Crippen MR) is 79.4 cm³/mol. The number of rotatable bonds is 4. The minimum atomic E-state index is 0.181. The van der Waals surface area contributed by atoms with Crippen LogP contribution in [0.5, 0.6) is 0 Å². The van der Waals surface area contributed by atoms with Crippen LogP contribution in [0.2, 0.25) is 0 Å². The molecule has 5 heteroatoms. The van der Waals surface area contributed by atoms with E-state index in [-0.39, 0.29) is 12.6 Å². The van der Waals surface area contributed by atoms with E-state index in [2.05, 4.69) is 22.0 Å². The summed E-state index contributed by atoms with van der Waals surface area (Å²) in [6, 6.07) is 9.96. The van der Waals surface area contributed by atoms with Crippen molar-refractivity contribution in [3.8, 4) is 11.5 Å². The smallest absolute Gasteiger partial charge is 0.247 e. The zero-order chi connectivity index (χ0) is 14.7. The number of hydrogen-bond acceptors (Lipinski definition) is 5. The fourth-order valence-corrected chi connectivity index (χ4v) is 3.01. The molecule has 3 rings (SSSR count). The van der Waals surface area contributed by atoms with Crippen molar-refractivity contribution in [1.29, 1.82) is 0 Å². The number of hydrogen-bond donors (Lipinski definition) is 1. The lowest BCUT2D eigenvalue weighted by Gasteiger charge is -2.38. The zero-order valence-electron chi connectivity index (χ0n) is 12.3. The molecule has 0 aliphatic carbocycles. The van der Waals surface area contributed by atoms with Gasteiger partial charge in [-0.1, -0.05) is 25.1 Å². The van der Waals surface area contributed by atoms with Crippen LogP contribution in [0.4, 0.5) is 0 Å². The number of aliphatic hydroxyl groups is 1. The Morgan fingerprint density at radius 1 is 1.29 bits per heavy atom. The minimum absolute atomic E-state index is 0.181. The van der Waals surface area contributed by atoms with E-state index in [0.717, 1.165) is 18.5 Å². The van der Waals surface area contributed by atoms with Gasteiger partial charge in [0.1, 0.15) is 0 Å². The highest BCUT2D eigenvalue weighted by molar-refractivity contribution is 5.51. The van der Waals surface area contributed by atoms with Crippen molar-refractivity contribution in [2.24, 2.45) is 5.92 Å². The third-order valence-corrected chi connectivity index (χ3v) is 4.24. The van der Waals surface area contributed by atoms with E-state index in [1.54, 1.807) is 0 Å². The van der Waals surface area contributed by atoms with Crippen LogP contribution in [0.3, 0.4) is 0 Å². The van der Waals surface area contributed by atoms with E-state index in [0.29, 0.717) is 24.2 Å². The first-order chi connectivity index (χ1) is 10.3. The molecule has 1 aromatic heterocycles. The molecule has 112 valence electrons. The van der Waals surface area contributed by atoms with E-state index in [1.165, 1.54) is 6.42 Å². The van der Waals surface area contributed by atoms with Gasteiger partial charge in [0.2, 0.25) is 11.8 Å². The van der Waals surface area contributed by atoms with Crippen LogP contribution in [-0.2, 0) is 6.54 Å². The average Bonchev–Trinajstić information content (AvgIpc) is 2.97. The number of benzene rings is 1. The Bertz CT molecular complexity index is 570. The lowest BCUT2D eigenvalue weighted by Crippen LogP contribution is -2.46. The van der Waals surface area contributed by atoms with Crippen LogP contribution >= 0.6 is 0 Å². The Hall–Kier alpha value is -1.72. The molecule has 2 atom stereocenters. The molecule has 0 bridgehead atoms. The monoisotopic (exact) mass is 287 g/mol. The third-order valence-electron chi connectivity index (χ3n) is 4.24. The van der Waals surface area contributed by atoms with Crippen LogP contribution in [0.25, 0.3) is 11.5 Å². The SMILES string of the molecule is CC1CCCN(Cc2nnc(-c3ccccc3)o2)C1CO.